The number of hydrogen-bond donors (Lipinski definition) is 1. The maximum absolute atomic E-state index is 4.22. The molecule has 0 spiro atoms. The number of fused-ring (bicyclic) bond motifs is 1. The largest absolute Gasteiger partial charge is 0.314 e. The van der Waals surface area contributed by atoms with Gasteiger partial charge in [0.1, 0.15) is 0 Å². The highest BCUT2D eigenvalue weighted by Gasteiger charge is 2.32. The van der Waals surface area contributed by atoms with Crippen LogP contribution in [0.3, 0.4) is 0 Å². The van der Waals surface area contributed by atoms with Crippen LogP contribution in [0.1, 0.15) is 31.9 Å². The van der Waals surface area contributed by atoms with E-state index in [1.54, 1.807) is 0 Å². The molecule has 1 N–H and O–H groups in total. The van der Waals surface area contributed by atoms with Crippen LogP contribution in [0.15, 0.2) is 6.20 Å². The highest BCUT2D eigenvalue weighted by molar-refractivity contribution is 4.92. The summed E-state index contributed by atoms with van der Waals surface area (Å²) in [4.78, 5) is 5.33. The van der Waals surface area contributed by atoms with Gasteiger partial charge < -0.3 is 5.32 Å². The first kappa shape index (κ1) is 14.9. The van der Waals surface area contributed by atoms with Gasteiger partial charge in [-0.3, -0.25) is 14.5 Å². The molecule has 1 aromatic rings. The standard InChI is InChI=1S/C15H28N6/c1-13-10-20-6-4-3-5-15(20)12-19(13)7-8-21-11-14(9-16-2)17-18-21/h11,13,15-16H,3-10,12H2,1-2H3. The lowest BCUT2D eigenvalue weighted by atomic mass is 9.97. The molecule has 6 nitrogen and oxygen atoms in total. The molecule has 3 rings (SSSR count). The summed E-state index contributed by atoms with van der Waals surface area (Å²) in [6, 6.07) is 1.44. The molecule has 1 aromatic heterocycles. The van der Waals surface area contributed by atoms with Crippen LogP contribution >= 0.6 is 0 Å². The summed E-state index contributed by atoms with van der Waals surface area (Å²) in [6.45, 7) is 8.92. The lowest BCUT2D eigenvalue weighted by Crippen LogP contribution is -2.59. The lowest BCUT2D eigenvalue weighted by Gasteiger charge is -2.47. The fourth-order valence-electron chi connectivity index (χ4n) is 3.67. The average Bonchev–Trinajstić information content (AvgIpc) is 2.93. The molecule has 2 atom stereocenters. The van der Waals surface area contributed by atoms with Gasteiger partial charge in [0, 0.05) is 44.5 Å². The molecule has 2 aliphatic rings. The second-order valence-corrected chi connectivity index (χ2v) is 6.49. The molecule has 2 saturated heterocycles. The fraction of sp³-hybridized carbons (Fsp3) is 0.867. The number of aromatic nitrogens is 3. The van der Waals surface area contributed by atoms with Gasteiger partial charge in [0.05, 0.1) is 12.2 Å². The van der Waals surface area contributed by atoms with Gasteiger partial charge in [0.2, 0.25) is 0 Å². The summed E-state index contributed by atoms with van der Waals surface area (Å²) in [5, 5.41) is 11.5. The molecule has 0 aromatic carbocycles. The van der Waals surface area contributed by atoms with Crippen molar-refractivity contribution in [2.24, 2.45) is 0 Å². The molecule has 0 bridgehead atoms. The van der Waals surface area contributed by atoms with Crippen molar-refractivity contribution >= 4 is 0 Å². The fourth-order valence-corrected chi connectivity index (χ4v) is 3.67. The van der Waals surface area contributed by atoms with Crippen molar-refractivity contribution in [3.8, 4) is 0 Å². The zero-order chi connectivity index (χ0) is 14.7. The van der Waals surface area contributed by atoms with Crippen molar-refractivity contribution in [2.75, 3.05) is 33.2 Å². The number of piperidine rings is 1. The van der Waals surface area contributed by atoms with Crippen LogP contribution in [-0.4, -0.2) is 70.1 Å². The van der Waals surface area contributed by atoms with Gasteiger partial charge in [0.25, 0.3) is 0 Å². The Morgan fingerprint density at radius 3 is 3.05 bits per heavy atom. The Labute approximate surface area is 127 Å². The SMILES string of the molecule is CNCc1cn(CCN2CC3CCCCN3CC2C)nn1. The van der Waals surface area contributed by atoms with Gasteiger partial charge in [-0.25, -0.2) is 0 Å². The van der Waals surface area contributed by atoms with E-state index in [2.05, 4.69) is 38.5 Å². The molecule has 2 fully saturated rings. The van der Waals surface area contributed by atoms with Crippen LogP contribution in [-0.2, 0) is 13.1 Å². The molecule has 118 valence electrons. The summed E-state index contributed by atoms with van der Waals surface area (Å²) < 4.78 is 1.98. The summed E-state index contributed by atoms with van der Waals surface area (Å²) in [6.07, 6.45) is 6.22. The Bertz CT molecular complexity index is 445. The van der Waals surface area contributed by atoms with E-state index in [1.165, 1.54) is 38.9 Å². The van der Waals surface area contributed by atoms with E-state index in [0.29, 0.717) is 6.04 Å². The van der Waals surface area contributed by atoms with Crippen LogP contribution in [0.5, 0.6) is 0 Å². The maximum atomic E-state index is 4.22. The number of nitrogens with zero attached hydrogens (tertiary/aromatic N) is 5. The van der Waals surface area contributed by atoms with Crippen LogP contribution in [0.2, 0.25) is 0 Å². The zero-order valence-electron chi connectivity index (χ0n) is 13.3. The van der Waals surface area contributed by atoms with Crippen molar-refractivity contribution < 1.29 is 0 Å². The predicted molar refractivity (Wildman–Crippen MR) is 83.0 cm³/mol. The normalized spacial score (nSPS) is 27.7. The van der Waals surface area contributed by atoms with Gasteiger partial charge in [-0.1, -0.05) is 11.6 Å². The minimum absolute atomic E-state index is 0.652. The van der Waals surface area contributed by atoms with E-state index in [1.807, 2.05) is 11.7 Å². The van der Waals surface area contributed by atoms with Gasteiger partial charge in [-0.15, -0.1) is 5.10 Å². The van der Waals surface area contributed by atoms with E-state index < -0.39 is 0 Å². The molecular formula is C15H28N6. The van der Waals surface area contributed by atoms with Crippen LogP contribution < -0.4 is 5.32 Å². The summed E-state index contributed by atoms with van der Waals surface area (Å²) in [5.41, 5.74) is 1.02. The third-order valence-corrected chi connectivity index (χ3v) is 4.88. The van der Waals surface area contributed by atoms with Crippen molar-refractivity contribution in [3.63, 3.8) is 0 Å². The second kappa shape index (κ2) is 6.85. The zero-order valence-corrected chi connectivity index (χ0v) is 13.3. The molecule has 0 saturated carbocycles. The van der Waals surface area contributed by atoms with Crippen LogP contribution in [0.4, 0.5) is 0 Å². The van der Waals surface area contributed by atoms with Crippen molar-refractivity contribution in [2.45, 2.75) is 51.4 Å². The highest BCUT2D eigenvalue weighted by atomic mass is 15.4. The first-order chi connectivity index (χ1) is 10.3. The first-order valence-corrected chi connectivity index (χ1v) is 8.28. The number of rotatable bonds is 5. The Morgan fingerprint density at radius 2 is 2.19 bits per heavy atom. The Morgan fingerprint density at radius 1 is 1.29 bits per heavy atom. The Balaban J connectivity index is 1.51. The molecule has 6 heteroatoms. The van der Waals surface area contributed by atoms with E-state index >= 15 is 0 Å². The summed E-state index contributed by atoms with van der Waals surface area (Å²) >= 11 is 0. The summed E-state index contributed by atoms with van der Waals surface area (Å²) in [5.74, 6) is 0. The van der Waals surface area contributed by atoms with Gasteiger partial charge in [-0.05, 0) is 33.4 Å². The first-order valence-electron chi connectivity index (χ1n) is 8.28. The third-order valence-electron chi connectivity index (χ3n) is 4.88. The van der Waals surface area contributed by atoms with E-state index in [0.717, 1.165) is 31.4 Å². The van der Waals surface area contributed by atoms with Gasteiger partial charge in [0.15, 0.2) is 0 Å². The van der Waals surface area contributed by atoms with Gasteiger partial charge >= 0.3 is 0 Å². The monoisotopic (exact) mass is 292 g/mol. The molecular weight excluding hydrogens is 264 g/mol. The molecule has 2 aliphatic heterocycles. The minimum atomic E-state index is 0.652. The van der Waals surface area contributed by atoms with Crippen LogP contribution in [0.25, 0.3) is 0 Å². The molecule has 21 heavy (non-hydrogen) atoms. The van der Waals surface area contributed by atoms with Crippen molar-refractivity contribution in [1.29, 1.82) is 0 Å². The second-order valence-electron chi connectivity index (χ2n) is 6.49. The highest BCUT2D eigenvalue weighted by Crippen LogP contribution is 2.23. The van der Waals surface area contributed by atoms with E-state index in [9.17, 15) is 0 Å². The molecule has 0 radical (unpaired) electrons. The summed E-state index contributed by atoms with van der Waals surface area (Å²) in [7, 11) is 1.93. The molecule has 3 heterocycles. The Hall–Kier alpha value is -0.980. The quantitative estimate of drug-likeness (QED) is 0.859. The number of nitrogens with one attached hydrogen (secondary N) is 1. The lowest BCUT2D eigenvalue weighted by molar-refractivity contribution is 0.0133. The maximum Gasteiger partial charge on any atom is 0.0964 e. The minimum Gasteiger partial charge on any atom is -0.314 e. The van der Waals surface area contributed by atoms with Gasteiger partial charge in [-0.2, -0.15) is 0 Å². The van der Waals surface area contributed by atoms with Crippen LogP contribution in [0, 0.1) is 0 Å². The number of piperazine rings is 1. The number of hydrogen-bond acceptors (Lipinski definition) is 5. The molecule has 2 unspecified atom stereocenters. The predicted octanol–water partition coefficient (Wildman–Crippen LogP) is 0.556. The topological polar surface area (TPSA) is 49.2 Å². The Kier molecular flexibility index (Phi) is 4.87. The molecule has 0 amide bonds. The van der Waals surface area contributed by atoms with E-state index in [4.69, 9.17) is 0 Å². The average molecular weight is 292 g/mol. The van der Waals surface area contributed by atoms with Crippen molar-refractivity contribution in [1.82, 2.24) is 30.1 Å². The van der Waals surface area contributed by atoms with E-state index in [-0.39, 0.29) is 0 Å². The third kappa shape index (κ3) is 3.62. The molecule has 0 aliphatic carbocycles. The van der Waals surface area contributed by atoms with Crippen molar-refractivity contribution in [3.05, 3.63) is 11.9 Å². The smallest absolute Gasteiger partial charge is 0.0964 e.